The van der Waals surface area contributed by atoms with Crippen molar-refractivity contribution in [1.82, 2.24) is 10.3 Å². The van der Waals surface area contributed by atoms with E-state index in [4.69, 9.17) is 9.47 Å². The molecule has 4 heteroatoms. The minimum atomic E-state index is 0.337. The summed E-state index contributed by atoms with van der Waals surface area (Å²) in [4.78, 5) is 4.37. The van der Waals surface area contributed by atoms with Gasteiger partial charge in [-0.25, -0.2) is 0 Å². The highest BCUT2D eigenvalue weighted by molar-refractivity contribution is 5.84. The molecule has 1 aliphatic rings. The molecule has 3 rings (SSSR count). The van der Waals surface area contributed by atoms with Gasteiger partial charge in [0.1, 0.15) is 12.4 Å². The Morgan fingerprint density at radius 2 is 2.33 bits per heavy atom. The average molecular weight is 286 g/mol. The molecule has 4 nitrogen and oxygen atoms in total. The van der Waals surface area contributed by atoms with Gasteiger partial charge in [0, 0.05) is 30.1 Å². The highest BCUT2D eigenvalue weighted by atomic mass is 16.5. The Hall–Kier alpha value is -1.65. The van der Waals surface area contributed by atoms with E-state index < -0.39 is 0 Å². The molecule has 1 saturated heterocycles. The first-order chi connectivity index (χ1) is 10.4. The van der Waals surface area contributed by atoms with Gasteiger partial charge in [0.2, 0.25) is 0 Å². The molecule has 0 saturated carbocycles. The lowest BCUT2D eigenvalue weighted by molar-refractivity contribution is 0.161. The molecule has 0 spiro atoms. The number of pyridine rings is 1. The predicted octanol–water partition coefficient (Wildman–Crippen LogP) is 2.63. The summed E-state index contributed by atoms with van der Waals surface area (Å²) in [6.07, 6.45) is 2.92. The van der Waals surface area contributed by atoms with Crippen LogP contribution in [0.5, 0.6) is 5.75 Å². The summed E-state index contributed by atoms with van der Waals surface area (Å²) in [6.45, 7) is 5.44. The van der Waals surface area contributed by atoms with E-state index in [9.17, 15) is 0 Å². The maximum Gasteiger partial charge on any atom is 0.128 e. The fourth-order valence-electron chi connectivity index (χ4n) is 2.87. The minimum absolute atomic E-state index is 0.337. The van der Waals surface area contributed by atoms with Gasteiger partial charge in [-0.3, -0.25) is 4.98 Å². The lowest BCUT2D eigenvalue weighted by atomic mass is 10.00. The van der Waals surface area contributed by atoms with Crippen LogP contribution in [0.1, 0.15) is 13.3 Å². The standard InChI is InChI=1S/C17H22N2O2/c1-2-18-16(13-8-10-20-11-13)12-21-17-7-3-6-15-14(17)5-4-9-19-15/h3-7,9,13,16,18H,2,8,10-12H2,1H3. The molecule has 1 N–H and O–H groups in total. The van der Waals surface area contributed by atoms with Crippen LogP contribution in [0, 0.1) is 5.92 Å². The summed E-state index contributed by atoms with van der Waals surface area (Å²) in [6, 6.07) is 10.4. The van der Waals surface area contributed by atoms with E-state index in [0.717, 1.165) is 42.8 Å². The molecule has 1 aromatic heterocycles. The van der Waals surface area contributed by atoms with Crippen molar-refractivity contribution in [3.05, 3.63) is 36.5 Å². The summed E-state index contributed by atoms with van der Waals surface area (Å²) in [5.41, 5.74) is 0.971. The first kappa shape index (κ1) is 14.3. The van der Waals surface area contributed by atoms with Crippen LogP contribution in [-0.4, -0.2) is 37.4 Å². The first-order valence-corrected chi connectivity index (χ1v) is 7.66. The molecule has 0 amide bonds. The molecular formula is C17H22N2O2. The van der Waals surface area contributed by atoms with Crippen molar-refractivity contribution in [2.45, 2.75) is 19.4 Å². The maximum atomic E-state index is 6.09. The summed E-state index contributed by atoms with van der Waals surface area (Å²) < 4.78 is 11.6. The molecule has 0 aliphatic carbocycles. The van der Waals surface area contributed by atoms with Crippen LogP contribution >= 0.6 is 0 Å². The molecule has 0 bridgehead atoms. The molecule has 21 heavy (non-hydrogen) atoms. The lowest BCUT2D eigenvalue weighted by Gasteiger charge is -2.23. The van der Waals surface area contributed by atoms with Crippen LogP contribution < -0.4 is 10.1 Å². The third-order valence-electron chi connectivity index (χ3n) is 4.02. The van der Waals surface area contributed by atoms with E-state index in [1.807, 2.05) is 30.5 Å². The Morgan fingerprint density at radius 1 is 1.38 bits per heavy atom. The number of rotatable bonds is 6. The Morgan fingerprint density at radius 3 is 3.14 bits per heavy atom. The first-order valence-electron chi connectivity index (χ1n) is 7.66. The van der Waals surface area contributed by atoms with Crippen LogP contribution in [0.25, 0.3) is 10.9 Å². The van der Waals surface area contributed by atoms with Crippen molar-refractivity contribution >= 4 is 10.9 Å². The Balaban J connectivity index is 1.72. The zero-order valence-electron chi connectivity index (χ0n) is 12.4. The molecule has 1 fully saturated rings. The number of hydrogen-bond donors (Lipinski definition) is 1. The van der Waals surface area contributed by atoms with Crippen molar-refractivity contribution in [3.63, 3.8) is 0 Å². The molecule has 2 unspecified atom stereocenters. The van der Waals surface area contributed by atoms with Crippen molar-refractivity contribution in [2.24, 2.45) is 5.92 Å². The number of hydrogen-bond acceptors (Lipinski definition) is 4. The smallest absolute Gasteiger partial charge is 0.128 e. The van der Waals surface area contributed by atoms with Gasteiger partial charge in [0.25, 0.3) is 0 Å². The van der Waals surface area contributed by atoms with Crippen LogP contribution in [-0.2, 0) is 4.74 Å². The zero-order chi connectivity index (χ0) is 14.5. The van der Waals surface area contributed by atoms with Crippen molar-refractivity contribution in [2.75, 3.05) is 26.4 Å². The van der Waals surface area contributed by atoms with E-state index in [1.165, 1.54) is 0 Å². The van der Waals surface area contributed by atoms with E-state index in [-0.39, 0.29) is 0 Å². The topological polar surface area (TPSA) is 43.4 Å². The summed E-state index contributed by atoms with van der Waals surface area (Å²) in [7, 11) is 0. The number of ether oxygens (including phenoxy) is 2. The highest BCUT2D eigenvalue weighted by Gasteiger charge is 2.25. The van der Waals surface area contributed by atoms with Gasteiger partial charge in [0.05, 0.1) is 12.1 Å². The van der Waals surface area contributed by atoms with Crippen molar-refractivity contribution < 1.29 is 9.47 Å². The maximum absolute atomic E-state index is 6.09. The second-order valence-electron chi connectivity index (χ2n) is 5.43. The zero-order valence-corrected chi connectivity index (χ0v) is 12.4. The van der Waals surface area contributed by atoms with Gasteiger partial charge in [-0.2, -0.15) is 0 Å². The average Bonchev–Trinajstić information content (AvgIpc) is 3.05. The number of nitrogens with one attached hydrogen (secondary N) is 1. The van der Waals surface area contributed by atoms with Gasteiger partial charge in [-0.1, -0.05) is 13.0 Å². The second-order valence-corrected chi connectivity index (χ2v) is 5.43. The molecule has 2 heterocycles. The van der Waals surface area contributed by atoms with E-state index >= 15 is 0 Å². The molecule has 1 aliphatic heterocycles. The minimum Gasteiger partial charge on any atom is -0.491 e. The Kier molecular flexibility index (Phi) is 4.68. The molecule has 112 valence electrons. The molecule has 1 aromatic carbocycles. The van der Waals surface area contributed by atoms with Crippen LogP contribution in [0.2, 0.25) is 0 Å². The van der Waals surface area contributed by atoms with Crippen LogP contribution in [0.3, 0.4) is 0 Å². The Labute approximate surface area is 125 Å². The fourth-order valence-corrected chi connectivity index (χ4v) is 2.87. The van der Waals surface area contributed by atoms with Crippen LogP contribution in [0.15, 0.2) is 36.5 Å². The van der Waals surface area contributed by atoms with Crippen molar-refractivity contribution in [1.29, 1.82) is 0 Å². The normalized spacial score (nSPS) is 19.8. The number of aromatic nitrogens is 1. The predicted molar refractivity (Wildman–Crippen MR) is 83.6 cm³/mol. The lowest BCUT2D eigenvalue weighted by Crippen LogP contribution is -2.41. The molecule has 2 aromatic rings. The SMILES string of the molecule is CCNC(COc1cccc2ncccc12)C1CCOC1. The molecular weight excluding hydrogens is 264 g/mol. The summed E-state index contributed by atoms with van der Waals surface area (Å²) in [5.74, 6) is 1.44. The third-order valence-corrected chi connectivity index (χ3v) is 4.02. The van der Waals surface area contributed by atoms with Crippen molar-refractivity contribution in [3.8, 4) is 5.75 Å². The summed E-state index contributed by atoms with van der Waals surface area (Å²) in [5, 5.41) is 4.59. The van der Waals surface area contributed by atoms with E-state index in [0.29, 0.717) is 18.6 Å². The number of fused-ring (bicyclic) bond motifs is 1. The number of nitrogens with zero attached hydrogens (tertiary/aromatic N) is 1. The molecule has 0 radical (unpaired) electrons. The number of benzene rings is 1. The van der Waals surface area contributed by atoms with Gasteiger partial charge < -0.3 is 14.8 Å². The van der Waals surface area contributed by atoms with Gasteiger partial charge in [-0.15, -0.1) is 0 Å². The van der Waals surface area contributed by atoms with Crippen LogP contribution in [0.4, 0.5) is 0 Å². The second kappa shape index (κ2) is 6.87. The quantitative estimate of drug-likeness (QED) is 0.886. The highest BCUT2D eigenvalue weighted by Crippen LogP contribution is 2.25. The summed E-state index contributed by atoms with van der Waals surface area (Å²) >= 11 is 0. The van der Waals surface area contributed by atoms with E-state index in [2.05, 4.69) is 23.3 Å². The third kappa shape index (κ3) is 3.34. The Bertz CT molecular complexity index is 577. The largest absolute Gasteiger partial charge is 0.491 e. The molecule has 2 atom stereocenters. The van der Waals surface area contributed by atoms with Gasteiger partial charge >= 0.3 is 0 Å². The monoisotopic (exact) mass is 286 g/mol. The van der Waals surface area contributed by atoms with Gasteiger partial charge in [0.15, 0.2) is 0 Å². The fraction of sp³-hybridized carbons (Fsp3) is 0.471. The van der Waals surface area contributed by atoms with E-state index in [1.54, 1.807) is 0 Å². The van der Waals surface area contributed by atoms with Gasteiger partial charge in [-0.05, 0) is 37.2 Å². The number of likely N-dealkylation sites (N-methyl/N-ethyl adjacent to an activating group) is 1.